The number of carbonyl (C=O) groups is 1. The SMILES string of the molecule is COc1ccc(-n2c(SCC(=O)N/N=C\C(Br)=C\c3ccccc3)nnc2-c2ccc(C(C)(C)C)cc2)cc1. The molecule has 0 aliphatic heterocycles. The average Bonchev–Trinajstić information content (AvgIpc) is 3.36. The highest BCUT2D eigenvalue weighted by Gasteiger charge is 2.19. The van der Waals surface area contributed by atoms with Crippen LogP contribution < -0.4 is 10.2 Å². The van der Waals surface area contributed by atoms with Crippen molar-refractivity contribution < 1.29 is 9.53 Å². The number of aromatic nitrogens is 3. The first-order valence-corrected chi connectivity index (χ1v) is 14.1. The number of halogens is 1. The predicted molar refractivity (Wildman–Crippen MR) is 163 cm³/mol. The van der Waals surface area contributed by atoms with Gasteiger partial charge in [0.25, 0.3) is 5.91 Å². The molecule has 0 atom stereocenters. The summed E-state index contributed by atoms with van der Waals surface area (Å²) in [6.45, 7) is 6.55. The zero-order valence-corrected chi connectivity index (χ0v) is 24.7. The van der Waals surface area contributed by atoms with Crippen molar-refractivity contribution in [2.75, 3.05) is 12.9 Å². The summed E-state index contributed by atoms with van der Waals surface area (Å²) in [6.07, 6.45) is 3.46. The van der Waals surface area contributed by atoms with E-state index in [9.17, 15) is 4.79 Å². The maximum absolute atomic E-state index is 12.5. The van der Waals surface area contributed by atoms with E-state index in [0.717, 1.165) is 27.0 Å². The van der Waals surface area contributed by atoms with Gasteiger partial charge in [0.2, 0.25) is 0 Å². The maximum Gasteiger partial charge on any atom is 0.250 e. The van der Waals surface area contributed by atoms with E-state index in [1.165, 1.54) is 17.3 Å². The van der Waals surface area contributed by atoms with E-state index in [-0.39, 0.29) is 17.1 Å². The van der Waals surface area contributed by atoms with E-state index >= 15 is 0 Å². The van der Waals surface area contributed by atoms with Crippen LogP contribution in [0.4, 0.5) is 0 Å². The monoisotopic (exact) mass is 603 g/mol. The van der Waals surface area contributed by atoms with E-state index in [4.69, 9.17) is 4.74 Å². The summed E-state index contributed by atoms with van der Waals surface area (Å²) in [4.78, 5) is 12.5. The lowest BCUT2D eigenvalue weighted by Crippen LogP contribution is -2.19. The molecule has 0 radical (unpaired) electrons. The lowest BCUT2D eigenvalue weighted by Gasteiger charge is -2.19. The van der Waals surface area contributed by atoms with Gasteiger partial charge in [0.1, 0.15) is 5.75 Å². The first kappa shape index (κ1) is 28.3. The molecule has 1 aromatic heterocycles. The Kier molecular flexibility index (Phi) is 9.37. The Morgan fingerprint density at radius 1 is 1.03 bits per heavy atom. The number of hydrogen-bond acceptors (Lipinski definition) is 6. The molecule has 0 saturated heterocycles. The molecule has 0 saturated carbocycles. The molecule has 4 rings (SSSR count). The van der Waals surface area contributed by atoms with E-state index in [0.29, 0.717) is 11.0 Å². The molecule has 3 aromatic carbocycles. The van der Waals surface area contributed by atoms with Crippen LogP contribution in [0.3, 0.4) is 0 Å². The Balaban J connectivity index is 1.51. The summed E-state index contributed by atoms with van der Waals surface area (Å²) in [6, 6.07) is 25.8. The molecule has 1 amide bonds. The molecule has 0 aliphatic carbocycles. The second kappa shape index (κ2) is 12.9. The molecule has 200 valence electrons. The summed E-state index contributed by atoms with van der Waals surface area (Å²) < 4.78 is 8.01. The van der Waals surface area contributed by atoms with Crippen molar-refractivity contribution in [2.24, 2.45) is 5.10 Å². The minimum absolute atomic E-state index is 0.0476. The Bertz CT molecular complexity index is 1460. The second-order valence-corrected chi connectivity index (χ2v) is 11.5. The molecule has 0 unspecified atom stereocenters. The van der Waals surface area contributed by atoms with E-state index in [1.807, 2.05) is 65.2 Å². The number of ether oxygens (including phenoxy) is 1. The van der Waals surface area contributed by atoms with E-state index < -0.39 is 0 Å². The van der Waals surface area contributed by atoms with Crippen molar-refractivity contribution in [2.45, 2.75) is 31.3 Å². The van der Waals surface area contributed by atoms with Crippen molar-refractivity contribution in [1.82, 2.24) is 20.2 Å². The maximum atomic E-state index is 12.5. The number of nitrogens with zero attached hydrogens (tertiary/aromatic N) is 4. The predicted octanol–water partition coefficient (Wildman–Crippen LogP) is 6.87. The minimum atomic E-state index is -0.253. The summed E-state index contributed by atoms with van der Waals surface area (Å²) in [5, 5.41) is 13.6. The first-order valence-electron chi connectivity index (χ1n) is 12.3. The van der Waals surface area contributed by atoms with Gasteiger partial charge in [0, 0.05) is 15.7 Å². The number of rotatable bonds is 9. The van der Waals surface area contributed by atoms with Crippen LogP contribution in [0.5, 0.6) is 5.75 Å². The van der Waals surface area contributed by atoms with Crippen molar-refractivity contribution >= 4 is 45.9 Å². The number of allylic oxidation sites excluding steroid dienone is 1. The summed E-state index contributed by atoms with van der Waals surface area (Å²) >= 11 is 4.74. The van der Waals surface area contributed by atoms with Gasteiger partial charge in [-0.1, -0.05) is 87.1 Å². The van der Waals surface area contributed by atoms with Crippen LogP contribution in [0.15, 0.2) is 93.6 Å². The van der Waals surface area contributed by atoms with Gasteiger partial charge in [-0.2, -0.15) is 5.10 Å². The van der Waals surface area contributed by atoms with E-state index in [2.05, 4.69) is 81.7 Å². The topological polar surface area (TPSA) is 81.4 Å². The number of benzene rings is 3. The highest BCUT2D eigenvalue weighted by Crippen LogP contribution is 2.30. The smallest absolute Gasteiger partial charge is 0.250 e. The number of carbonyl (C=O) groups excluding carboxylic acids is 1. The van der Waals surface area contributed by atoms with Crippen LogP contribution in [-0.4, -0.2) is 39.7 Å². The molecule has 1 heterocycles. The third-order valence-electron chi connectivity index (χ3n) is 5.79. The number of nitrogens with one attached hydrogen (secondary N) is 1. The number of amides is 1. The average molecular weight is 605 g/mol. The van der Waals surface area contributed by atoms with Crippen LogP contribution in [0.25, 0.3) is 23.2 Å². The van der Waals surface area contributed by atoms with Gasteiger partial charge in [0.15, 0.2) is 11.0 Å². The number of thioether (sulfide) groups is 1. The fourth-order valence-electron chi connectivity index (χ4n) is 3.71. The number of hydrazone groups is 1. The molecule has 39 heavy (non-hydrogen) atoms. The number of methoxy groups -OCH3 is 1. The Hall–Kier alpha value is -3.69. The van der Waals surface area contributed by atoms with Crippen molar-refractivity contribution in [1.29, 1.82) is 0 Å². The number of hydrogen-bond donors (Lipinski definition) is 1. The van der Waals surface area contributed by atoms with Crippen LogP contribution in [-0.2, 0) is 10.2 Å². The zero-order valence-electron chi connectivity index (χ0n) is 22.3. The van der Waals surface area contributed by atoms with Gasteiger partial charge < -0.3 is 4.74 Å². The summed E-state index contributed by atoms with van der Waals surface area (Å²) in [5.41, 5.74) is 6.68. The van der Waals surface area contributed by atoms with Crippen molar-refractivity contribution in [3.63, 3.8) is 0 Å². The quantitative estimate of drug-likeness (QED) is 0.128. The Morgan fingerprint density at radius 2 is 1.72 bits per heavy atom. The van der Waals surface area contributed by atoms with Gasteiger partial charge >= 0.3 is 0 Å². The molecule has 0 bridgehead atoms. The fourth-order valence-corrected chi connectivity index (χ4v) is 4.82. The van der Waals surface area contributed by atoms with Gasteiger partial charge in [-0.25, -0.2) is 5.43 Å². The van der Waals surface area contributed by atoms with E-state index in [1.54, 1.807) is 13.3 Å². The van der Waals surface area contributed by atoms with Gasteiger partial charge in [-0.15, -0.1) is 10.2 Å². The molecule has 1 N–H and O–H groups in total. The second-order valence-electron chi connectivity index (χ2n) is 9.69. The minimum Gasteiger partial charge on any atom is -0.497 e. The molecule has 9 heteroatoms. The van der Waals surface area contributed by atoms with Crippen molar-refractivity contribution in [3.05, 3.63) is 94.5 Å². The summed E-state index contributed by atoms with van der Waals surface area (Å²) in [5.74, 6) is 1.31. The van der Waals surface area contributed by atoms with Crippen LogP contribution in [0.1, 0.15) is 31.9 Å². The van der Waals surface area contributed by atoms with Crippen LogP contribution in [0, 0.1) is 0 Å². The standard InChI is InChI=1S/C30H30BrN5O2S/c1-30(2,3)23-12-10-22(11-13-23)28-34-35-29(36(28)25-14-16-26(38-4)17-15-25)39-20-27(37)33-32-19-24(31)18-21-8-6-5-7-9-21/h5-19H,20H2,1-4H3,(H,33,37)/b24-18-,32-19-. The lowest BCUT2D eigenvalue weighted by molar-refractivity contribution is -0.118. The molecule has 0 aliphatic rings. The van der Waals surface area contributed by atoms with Crippen molar-refractivity contribution in [3.8, 4) is 22.8 Å². The molecular weight excluding hydrogens is 574 g/mol. The first-order chi connectivity index (χ1) is 18.7. The molecule has 4 aromatic rings. The largest absolute Gasteiger partial charge is 0.497 e. The molecule has 0 fully saturated rings. The van der Waals surface area contributed by atoms with Crippen LogP contribution >= 0.6 is 27.7 Å². The Labute approximate surface area is 241 Å². The lowest BCUT2D eigenvalue weighted by atomic mass is 9.87. The molecule has 0 spiro atoms. The van der Waals surface area contributed by atoms with Gasteiger partial charge in [0.05, 0.1) is 19.1 Å². The third kappa shape index (κ3) is 7.68. The highest BCUT2D eigenvalue weighted by molar-refractivity contribution is 9.12. The zero-order chi connectivity index (χ0) is 27.8. The summed E-state index contributed by atoms with van der Waals surface area (Å²) in [7, 11) is 1.63. The molecular formula is C30H30BrN5O2S. The van der Waals surface area contributed by atoms with Gasteiger partial charge in [-0.05, 0) is 62.8 Å². The molecule has 7 nitrogen and oxygen atoms in total. The van der Waals surface area contributed by atoms with Gasteiger partial charge in [-0.3, -0.25) is 9.36 Å². The van der Waals surface area contributed by atoms with Crippen LogP contribution in [0.2, 0.25) is 0 Å². The fraction of sp³-hybridized carbons (Fsp3) is 0.200. The normalized spacial score (nSPS) is 12.1. The Morgan fingerprint density at radius 3 is 2.36 bits per heavy atom. The third-order valence-corrected chi connectivity index (χ3v) is 7.15. The highest BCUT2D eigenvalue weighted by atomic mass is 79.9.